The van der Waals surface area contributed by atoms with E-state index in [9.17, 15) is 0 Å². The Hall–Kier alpha value is -1.48. The molecular weight excluding hydrogens is 208 g/mol. The molecular formula is C12H12O2S. The van der Waals surface area contributed by atoms with Crippen LogP contribution in [0.25, 0.3) is 11.1 Å². The molecule has 2 rings (SSSR count). The van der Waals surface area contributed by atoms with Crippen LogP contribution in [0.3, 0.4) is 0 Å². The molecule has 1 aromatic heterocycles. The molecule has 0 aliphatic rings. The lowest BCUT2D eigenvalue weighted by Gasteiger charge is -2.11. The molecule has 78 valence electrons. The van der Waals surface area contributed by atoms with Gasteiger partial charge >= 0.3 is 0 Å². The monoisotopic (exact) mass is 220 g/mol. The summed E-state index contributed by atoms with van der Waals surface area (Å²) in [6.07, 6.45) is 0. The average Bonchev–Trinajstić information content (AvgIpc) is 2.81. The van der Waals surface area contributed by atoms with Crippen LogP contribution in [0.1, 0.15) is 0 Å². The number of hydrogen-bond acceptors (Lipinski definition) is 3. The first kappa shape index (κ1) is 10.1. The van der Waals surface area contributed by atoms with Gasteiger partial charge in [0.15, 0.2) is 11.5 Å². The summed E-state index contributed by atoms with van der Waals surface area (Å²) in [7, 11) is 3.31. The van der Waals surface area contributed by atoms with E-state index in [0.29, 0.717) is 0 Å². The van der Waals surface area contributed by atoms with E-state index in [0.717, 1.165) is 22.6 Å². The summed E-state index contributed by atoms with van der Waals surface area (Å²) in [5.41, 5.74) is 2.23. The Morgan fingerprint density at radius 3 is 2.53 bits per heavy atom. The molecule has 0 saturated heterocycles. The van der Waals surface area contributed by atoms with Crippen LogP contribution in [-0.2, 0) is 0 Å². The third-order valence-electron chi connectivity index (χ3n) is 2.24. The molecule has 0 bridgehead atoms. The number of methoxy groups -OCH3 is 2. The van der Waals surface area contributed by atoms with Gasteiger partial charge in [0.25, 0.3) is 0 Å². The zero-order valence-electron chi connectivity index (χ0n) is 8.69. The molecule has 2 aromatic rings. The zero-order valence-corrected chi connectivity index (χ0v) is 9.51. The fraction of sp³-hybridized carbons (Fsp3) is 0.167. The SMILES string of the molecule is COc1cccc(-c2ccsc2)c1OC. The van der Waals surface area contributed by atoms with Gasteiger partial charge in [-0.3, -0.25) is 0 Å². The van der Waals surface area contributed by atoms with E-state index < -0.39 is 0 Å². The van der Waals surface area contributed by atoms with Crippen LogP contribution >= 0.6 is 11.3 Å². The lowest BCUT2D eigenvalue weighted by atomic mass is 10.1. The van der Waals surface area contributed by atoms with E-state index in [1.54, 1.807) is 25.6 Å². The van der Waals surface area contributed by atoms with Crippen molar-refractivity contribution in [1.82, 2.24) is 0 Å². The Balaban J connectivity index is 2.56. The van der Waals surface area contributed by atoms with Crippen LogP contribution in [0.15, 0.2) is 35.0 Å². The Morgan fingerprint density at radius 1 is 1.07 bits per heavy atom. The Morgan fingerprint density at radius 2 is 1.93 bits per heavy atom. The van der Waals surface area contributed by atoms with Crippen molar-refractivity contribution in [2.75, 3.05) is 14.2 Å². The topological polar surface area (TPSA) is 18.5 Å². The minimum Gasteiger partial charge on any atom is -0.493 e. The third-order valence-corrected chi connectivity index (χ3v) is 2.92. The van der Waals surface area contributed by atoms with Gasteiger partial charge < -0.3 is 9.47 Å². The molecule has 0 unspecified atom stereocenters. The maximum atomic E-state index is 5.37. The van der Waals surface area contributed by atoms with Gasteiger partial charge in [0.05, 0.1) is 14.2 Å². The largest absolute Gasteiger partial charge is 0.493 e. The standard InChI is InChI=1S/C12H12O2S/c1-13-11-5-3-4-10(12(11)14-2)9-6-7-15-8-9/h3-8H,1-2H3. The Labute approximate surface area is 93.1 Å². The van der Waals surface area contributed by atoms with Crippen LogP contribution < -0.4 is 9.47 Å². The van der Waals surface area contributed by atoms with Crippen molar-refractivity contribution < 1.29 is 9.47 Å². The second-order valence-electron chi connectivity index (χ2n) is 3.05. The fourth-order valence-electron chi connectivity index (χ4n) is 1.53. The molecule has 3 heteroatoms. The molecule has 0 atom stereocenters. The van der Waals surface area contributed by atoms with E-state index in [1.165, 1.54) is 0 Å². The van der Waals surface area contributed by atoms with E-state index in [4.69, 9.17) is 9.47 Å². The molecule has 0 aliphatic carbocycles. The molecule has 0 amide bonds. The molecule has 0 aliphatic heterocycles. The van der Waals surface area contributed by atoms with Crippen LogP contribution in [0.5, 0.6) is 11.5 Å². The summed E-state index contributed by atoms with van der Waals surface area (Å²) in [5.74, 6) is 1.56. The third kappa shape index (κ3) is 1.83. The van der Waals surface area contributed by atoms with Crippen LogP contribution in [0, 0.1) is 0 Å². The Bertz CT molecular complexity index is 435. The summed E-state index contributed by atoms with van der Waals surface area (Å²) in [6, 6.07) is 7.97. The lowest BCUT2D eigenvalue weighted by molar-refractivity contribution is 0.356. The second-order valence-corrected chi connectivity index (χ2v) is 3.83. The van der Waals surface area contributed by atoms with Crippen molar-refractivity contribution in [3.8, 4) is 22.6 Å². The first-order valence-corrected chi connectivity index (χ1v) is 5.54. The fourth-order valence-corrected chi connectivity index (χ4v) is 2.19. The number of ether oxygens (including phenoxy) is 2. The summed E-state index contributed by atoms with van der Waals surface area (Å²) >= 11 is 1.67. The number of benzene rings is 1. The van der Waals surface area contributed by atoms with Gasteiger partial charge in [-0.15, -0.1) is 0 Å². The van der Waals surface area contributed by atoms with E-state index in [-0.39, 0.29) is 0 Å². The predicted octanol–water partition coefficient (Wildman–Crippen LogP) is 3.43. The average molecular weight is 220 g/mol. The molecule has 0 spiro atoms. The van der Waals surface area contributed by atoms with Gasteiger partial charge in [-0.05, 0) is 28.5 Å². The van der Waals surface area contributed by atoms with Crippen molar-refractivity contribution >= 4 is 11.3 Å². The first-order valence-electron chi connectivity index (χ1n) is 4.60. The highest BCUT2D eigenvalue weighted by molar-refractivity contribution is 7.08. The van der Waals surface area contributed by atoms with Gasteiger partial charge in [-0.2, -0.15) is 11.3 Å². The maximum Gasteiger partial charge on any atom is 0.168 e. The minimum atomic E-state index is 0.765. The van der Waals surface area contributed by atoms with E-state index in [1.807, 2.05) is 23.6 Å². The zero-order chi connectivity index (χ0) is 10.7. The summed E-state index contributed by atoms with van der Waals surface area (Å²) in [6.45, 7) is 0. The second kappa shape index (κ2) is 4.36. The van der Waals surface area contributed by atoms with Gasteiger partial charge in [0.2, 0.25) is 0 Å². The van der Waals surface area contributed by atoms with Crippen molar-refractivity contribution in [3.05, 3.63) is 35.0 Å². The van der Waals surface area contributed by atoms with Gasteiger partial charge in [-0.1, -0.05) is 12.1 Å². The van der Waals surface area contributed by atoms with Gasteiger partial charge in [0, 0.05) is 5.56 Å². The molecule has 15 heavy (non-hydrogen) atoms. The van der Waals surface area contributed by atoms with Crippen molar-refractivity contribution in [2.24, 2.45) is 0 Å². The molecule has 2 nitrogen and oxygen atoms in total. The summed E-state index contributed by atoms with van der Waals surface area (Å²) in [4.78, 5) is 0. The van der Waals surface area contributed by atoms with E-state index in [2.05, 4.69) is 11.4 Å². The van der Waals surface area contributed by atoms with Crippen molar-refractivity contribution in [2.45, 2.75) is 0 Å². The highest BCUT2D eigenvalue weighted by Crippen LogP contribution is 2.38. The normalized spacial score (nSPS) is 10.0. The van der Waals surface area contributed by atoms with Gasteiger partial charge in [0.1, 0.15) is 0 Å². The predicted molar refractivity (Wildman–Crippen MR) is 62.9 cm³/mol. The van der Waals surface area contributed by atoms with Crippen LogP contribution in [0.2, 0.25) is 0 Å². The molecule has 0 fully saturated rings. The molecule has 1 aromatic carbocycles. The minimum absolute atomic E-state index is 0.765. The van der Waals surface area contributed by atoms with Crippen molar-refractivity contribution in [1.29, 1.82) is 0 Å². The Kier molecular flexibility index (Phi) is 2.92. The quantitative estimate of drug-likeness (QED) is 0.789. The lowest BCUT2D eigenvalue weighted by Crippen LogP contribution is -1.92. The first-order chi connectivity index (χ1) is 7.36. The molecule has 0 radical (unpaired) electrons. The van der Waals surface area contributed by atoms with Crippen LogP contribution in [0.4, 0.5) is 0 Å². The number of para-hydroxylation sites is 1. The molecule has 0 saturated carbocycles. The number of thiophene rings is 1. The van der Waals surface area contributed by atoms with Crippen molar-refractivity contribution in [3.63, 3.8) is 0 Å². The number of hydrogen-bond donors (Lipinski definition) is 0. The molecule has 0 N–H and O–H groups in total. The summed E-state index contributed by atoms with van der Waals surface area (Å²) in [5, 5.41) is 4.14. The van der Waals surface area contributed by atoms with Crippen LogP contribution in [-0.4, -0.2) is 14.2 Å². The summed E-state index contributed by atoms with van der Waals surface area (Å²) < 4.78 is 10.6. The number of rotatable bonds is 3. The highest BCUT2D eigenvalue weighted by atomic mass is 32.1. The van der Waals surface area contributed by atoms with Gasteiger partial charge in [-0.25, -0.2) is 0 Å². The maximum absolute atomic E-state index is 5.37. The highest BCUT2D eigenvalue weighted by Gasteiger charge is 2.10. The smallest absolute Gasteiger partial charge is 0.168 e. The van der Waals surface area contributed by atoms with E-state index >= 15 is 0 Å². The molecule has 1 heterocycles.